The maximum Gasteiger partial charge on any atom is 0.229 e. The Labute approximate surface area is 181 Å². The summed E-state index contributed by atoms with van der Waals surface area (Å²) in [4.78, 5) is 11.2. The van der Waals surface area contributed by atoms with Crippen LogP contribution in [-0.4, -0.2) is 41.1 Å². The fraction of sp³-hybridized carbons (Fsp3) is 0.364. The summed E-state index contributed by atoms with van der Waals surface area (Å²) < 4.78 is 11.2. The molecule has 0 amide bonds. The van der Waals surface area contributed by atoms with Gasteiger partial charge in [-0.2, -0.15) is 4.98 Å². The first-order valence-electron chi connectivity index (χ1n) is 10.3. The largest absolute Gasteiger partial charge is 0.492 e. The minimum atomic E-state index is 0.449. The van der Waals surface area contributed by atoms with Crippen molar-refractivity contribution < 1.29 is 9.15 Å². The van der Waals surface area contributed by atoms with E-state index in [4.69, 9.17) is 20.8 Å². The molecule has 158 valence electrons. The molecule has 0 saturated carbocycles. The van der Waals surface area contributed by atoms with Gasteiger partial charge in [-0.3, -0.25) is 4.90 Å². The van der Waals surface area contributed by atoms with Gasteiger partial charge in [0.2, 0.25) is 5.95 Å². The number of nitrogens with one attached hydrogen (secondary N) is 2. The predicted octanol–water partition coefficient (Wildman–Crippen LogP) is 4.94. The Balaban J connectivity index is 1.28. The Morgan fingerprint density at radius 2 is 1.93 bits per heavy atom. The summed E-state index contributed by atoms with van der Waals surface area (Å²) in [6, 6.07) is 11.5. The van der Waals surface area contributed by atoms with Crippen molar-refractivity contribution in [3.8, 4) is 5.75 Å². The van der Waals surface area contributed by atoms with Gasteiger partial charge in [0, 0.05) is 12.2 Å². The van der Waals surface area contributed by atoms with Crippen molar-refractivity contribution in [1.29, 1.82) is 0 Å². The van der Waals surface area contributed by atoms with E-state index in [1.165, 1.54) is 32.4 Å². The average molecular weight is 428 g/mol. The molecule has 0 aliphatic carbocycles. The van der Waals surface area contributed by atoms with E-state index in [2.05, 4.69) is 25.5 Å². The quantitative estimate of drug-likeness (QED) is 0.500. The number of furan rings is 1. The smallest absolute Gasteiger partial charge is 0.229 e. The molecule has 7 nitrogen and oxygen atoms in total. The zero-order valence-electron chi connectivity index (χ0n) is 16.8. The van der Waals surface area contributed by atoms with E-state index in [9.17, 15) is 0 Å². The van der Waals surface area contributed by atoms with Gasteiger partial charge in [0.25, 0.3) is 0 Å². The van der Waals surface area contributed by atoms with Gasteiger partial charge in [0.15, 0.2) is 5.82 Å². The number of rotatable bonds is 9. The number of likely N-dealkylation sites (tertiary alicyclic amines) is 1. The van der Waals surface area contributed by atoms with Crippen LogP contribution in [0, 0.1) is 0 Å². The summed E-state index contributed by atoms with van der Waals surface area (Å²) >= 11 is 6.20. The summed E-state index contributed by atoms with van der Waals surface area (Å²) in [5.74, 6) is 2.66. The average Bonchev–Trinajstić information content (AvgIpc) is 3.30. The van der Waals surface area contributed by atoms with Gasteiger partial charge in [0.05, 0.1) is 19.0 Å². The van der Waals surface area contributed by atoms with Crippen LogP contribution in [0.1, 0.15) is 25.0 Å². The highest BCUT2D eigenvalue weighted by molar-refractivity contribution is 6.32. The lowest BCUT2D eigenvalue weighted by atomic mass is 10.1. The number of hydrogen-bond acceptors (Lipinski definition) is 7. The first-order chi connectivity index (χ1) is 14.8. The summed E-state index contributed by atoms with van der Waals surface area (Å²) in [7, 11) is 0. The molecule has 4 rings (SSSR count). The van der Waals surface area contributed by atoms with Crippen LogP contribution in [0.15, 0.2) is 53.3 Å². The molecule has 30 heavy (non-hydrogen) atoms. The number of ether oxygens (including phenoxy) is 1. The lowest BCUT2D eigenvalue weighted by Crippen LogP contribution is -2.33. The molecule has 1 aromatic carbocycles. The first kappa shape index (κ1) is 20.5. The Bertz CT molecular complexity index is 912. The minimum absolute atomic E-state index is 0.449. The second-order valence-electron chi connectivity index (χ2n) is 7.22. The molecular weight excluding hydrogens is 402 g/mol. The van der Waals surface area contributed by atoms with Gasteiger partial charge in [-0.15, -0.1) is 0 Å². The Hall–Kier alpha value is -2.77. The van der Waals surface area contributed by atoms with Crippen LogP contribution in [0.25, 0.3) is 0 Å². The minimum Gasteiger partial charge on any atom is -0.492 e. The molecule has 0 radical (unpaired) electrons. The molecule has 0 bridgehead atoms. The second-order valence-corrected chi connectivity index (χ2v) is 7.63. The third-order valence-electron chi connectivity index (χ3n) is 4.99. The summed E-state index contributed by atoms with van der Waals surface area (Å²) in [6.07, 6.45) is 7.15. The van der Waals surface area contributed by atoms with E-state index in [1.54, 1.807) is 12.5 Å². The second kappa shape index (κ2) is 10.3. The molecule has 2 aromatic heterocycles. The van der Waals surface area contributed by atoms with E-state index in [1.807, 2.05) is 36.4 Å². The lowest BCUT2D eigenvalue weighted by Gasteiger charge is -2.26. The van der Waals surface area contributed by atoms with Crippen LogP contribution in [0.4, 0.5) is 17.5 Å². The van der Waals surface area contributed by atoms with Crippen LogP contribution < -0.4 is 15.4 Å². The fourth-order valence-corrected chi connectivity index (χ4v) is 3.53. The number of piperidine rings is 1. The lowest BCUT2D eigenvalue weighted by molar-refractivity contribution is 0.183. The van der Waals surface area contributed by atoms with Crippen molar-refractivity contribution in [3.63, 3.8) is 0 Å². The van der Waals surface area contributed by atoms with E-state index in [0.717, 1.165) is 23.7 Å². The monoisotopic (exact) mass is 427 g/mol. The standard InChI is InChI=1S/C22H26ClN5O2/c23-20-16-25-22(27-21(20)24-15-19-5-4-13-29-19)26-17-6-8-18(9-7-17)30-14-12-28-10-2-1-3-11-28/h4-9,13,16H,1-3,10-12,14-15H2,(H2,24,25,26,27). The molecule has 1 aliphatic heterocycles. The van der Waals surface area contributed by atoms with Crippen molar-refractivity contribution in [2.75, 3.05) is 36.9 Å². The summed E-state index contributed by atoms with van der Waals surface area (Å²) in [5.41, 5.74) is 0.873. The normalized spacial score (nSPS) is 14.4. The van der Waals surface area contributed by atoms with E-state index < -0.39 is 0 Å². The zero-order valence-corrected chi connectivity index (χ0v) is 17.6. The molecule has 0 atom stereocenters. The van der Waals surface area contributed by atoms with Crippen LogP contribution >= 0.6 is 11.6 Å². The molecule has 3 heterocycles. The fourth-order valence-electron chi connectivity index (χ4n) is 3.37. The van der Waals surface area contributed by atoms with Gasteiger partial charge >= 0.3 is 0 Å². The highest BCUT2D eigenvalue weighted by Gasteiger charge is 2.10. The van der Waals surface area contributed by atoms with Crippen molar-refractivity contribution in [1.82, 2.24) is 14.9 Å². The maximum atomic E-state index is 6.20. The van der Waals surface area contributed by atoms with Gasteiger partial charge in [0.1, 0.15) is 23.1 Å². The molecule has 2 N–H and O–H groups in total. The summed E-state index contributed by atoms with van der Waals surface area (Å²) in [5, 5.41) is 6.80. The Kier molecular flexibility index (Phi) is 7.05. The maximum absolute atomic E-state index is 6.20. The molecule has 0 spiro atoms. The summed E-state index contributed by atoms with van der Waals surface area (Å²) in [6.45, 7) is 4.55. The molecule has 3 aromatic rings. The van der Waals surface area contributed by atoms with Gasteiger partial charge < -0.3 is 19.8 Å². The van der Waals surface area contributed by atoms with E-state index in [-0.39, 0.29) is 0 Å². The third-order valence-corrected chi connectivity index (χ3v) is 5.27. The first-order valence-corrected chi connectivity index (χ1v) is 10.6. The number of nitrogens with zero attached hydrogens (tertiary/aromatic N) is 3. The van der Waals surface area contributed by atoms with Crippen LogP contribution in [0.3, 0.4) is 0 Å². The topological polar surface area (TPSA) is 75.5 Å². The number of anilines is 3. The molecule has 1 saturated heterocycles. The molecule has 0 unspecified atom stereocenters. The Morgan fingerprint density at radius 1 is 1.10 bits per heavy atom. The number of aromatic nitrogens is 2. The molecule has 1 aliphatic rings. The van der Waals surface area contributed by atoms with Crippen molar-refractivity contribution in [2.45, 2.75) is 25.8 Å². The Morgan fingerprint density at radius 3 is 2.70 bits per heavy atom. The zero-order chi connectivity index (χ0) is 20.6. The van der Waals surface area contributed by atoms with Gasteiger partial charge in [-0.1, -0.05) is 18.0 Å². The van der Waals surface area contributed by atoms with E-state index >= 15 is 0 Å². The molecular formula is C22H26ClN5O2. The molecule has 8 heteroatoms. The van der Waals surface area contributed by atoms with Gasteiger partial charge in [-0.05, 0) is 62.3 Å². The predicted molar refractivity (Wildman–Crippen MR) is 119 cm³/mol. The van der Waals surface area contributed by atoms with Crippen LogP contribution in [0.2, 0.25) is 5.02 Å². The molecule has 1 fully saturated rings. The highest BCUT2D eigenvalue weighted by Crippen LogP contribution is 2.23. The van der Waals surface area contributed by atoms with Gasteiger partial charge in [-0.25, -0.2) is 4.98 Å². The highest BCUT2D eigenvalue weighted by atomic mass is 35.5. The van der Waals surface area contributed by atoms with Crippen molar-refractivity contribution >= 4 is 29.1 Å². The van der Waals surface area contributed by atoms with E-state index in [0.29, 0.717) is 29.9 Å². The third kappa shape index (κ3) is 5.87. The number of halogens is 1. The number of hydrogen-bond donors (Lipinski definition) is 2. The van der Waals surface area contributed by atoms with Crippen LogP contribution in [0.5, 0.6) is 5.75 Å². The number of benzene rings is 1. The SMILES string of the molecule is Clc1cnc(Nc2ccc(OCCN3CCCCC3)cc2)nc1NCc1ccco1. The van der Waals surface area contributed by atoms with Crippen molar-refractivity contribution in [3.05, 3.63) is 59.6 Å². The van der Waals surface area contributed by atoms with Crippen molar-refractivity contribution in [2.24, 2.45) is 0 Å². The van der Waals surface area contributed by atoms with Crippen LogP contribution in [-0.2, 0) is 6.54 Å².